The highest BCUT2D eigenvalue weighted by Crippen LogP contribution is 2.17. The van der Waals surface area contributed by atoms with Crippen molar-refractivity contribution in [2.75, 3.05) is 46.6 Å². The number of benzene rings is 1. The molecule has 1 aliphatic rings. The molecule has 112 valence electrons. The zero-order valence-corrected chi connectivity index (χ0v) is 13.7. The van der Waals surface area contributed by atoms with Crippen LogP contribution in [0.5, 0.6) is 0 Å². The highest BCUT2D eigenvalue weighted by atomic mass is 32.2. The summed E-state index contributed by atoms with van der Waals surface area (Å²) in [5.74, 6) is 0. The average Bonchev–Trinajstić information content (AvgIpc) is 2.46. The van der Waals surface area contributed by atoms with Crippen molar-refractivity contribution in [2.24, 2.45) is 0 Å². The van der Waals surface area contributed by atoms with Gasteiger partial charge in [0.1, 0.15) is 0 Å². The molecule has 1 saturated heterocycles. The first-order valence-corrected chi connectivity index (χ1v) is 8.51. The summed E-state index contributed by atoms with van der Waals surface area (Å²) < 4.78 is 5.86. The zero-order chi connectivity index (χ0) is 14.4. The van der Waals surface area contributed by atoms with Crippen molar-refractivity contribution >= 4 is 11.8 Å². The number of rotatable bonds is 6. The Morgan fingerprint density at radius 1 is 1.30 bits per heavy atom. The van der Waals surface area contributed by atoms with Crippen LogP contribution in [0.15, 0.2) is 29.2 Å². The molecule has 3 nitrogen and oxygen atoms in total. The molecular weight excluding hydrogens is 268 g/mol. The quantitative estimate of drug-likeness (QED) is 0.749. The molecule has 0 amide bonds. The van der Waals surface area contributed by atoms with E-state index in [1.165, 1.54) is 10.5 Å². The lowest BCUT2D eigenvalue weighted by Crippen LogP contribution is -2.42. The smallest absolute Gasteiger partial charge is 0.0714 e. The molecule has 0 spiro atoms. The van der Waals surface area contributed by atoms with Crippen molar-refractivity contribution in [2.45, 2.75) is 24.0 Å². The van der Waals surface area contributed by atoms with Gasteiger partial charge < -0.3 is 9.64 Å². The van der Waals surface area contributed by atoms with E-state index in [0.29, 0.717) is 6.10 Å². The van der Waals surface area contributed by atoms with E-state index in [0.717, 1.165) is 39.2 Å². The van der Waals surface area contributed by atoms with Crippen LogP contribution in [0.3, 0.4) is 0 Å². The first-order chi connectivity index (χ1) is 9.67. The number of thioether (sulfide) groups is 1. The molecule has 2 rings (SSSR count). The van der Waals surface area contributed by atoms with Gasteiger partial charge in [0.15, 0.2) is 0 Å². The number of hydrogen-bond acceptors (Lipinski definition) is 4. The van der Waals surface area contributed by atoms with Gasteiger partial charge >= 0.3 is 0 Å². The molecule has 0 unspecified atom stereocenters. The van der Waals surface area contributed by atoms with Crippen LogP contribution in [0, 0.1) is 0 Å². The Balaban J connectivity index is 1.82. The average molecular weight is 294 g/mol. The summed E-state index contributed by atoms with van der Waals surface area (Å²) in [6, 6.07) is 8.92. The fourth-order valence-corrected chi connectivity index (χ4v) is 2.90. The number of nitrogens with zero attached hydrogens (tertiary/aromatic N) is 2. The van der Waals surface area contributed by atoms with Gasteiger partial charge in [0.05, 0.1) is 12.7 Å². The maximum absolute atomic E-state index is 5.86. The molecule has 0 N–H and O–H groups in total. The summed E-state index contributed by atoms with van der Waals surface area (Å²) in [7, 11) is 4.24. The SMILES string of the molecule is CSc1ccc(CN2CCO[C@H](CCN(C)C)C2)cc1. The predicted molar refractivity (Wildman–Crippen MR) is 86.4 cm³/mol. The van der Waals surface area contributed by atoms with Crippen LogP contribution in [0.1, 0.15) is 12.0 Å². The lowest BCUT2D eigenvalue weighted by atomic mass is 10.1. The fourth-order valence-electron chi connectivity index (χ4n) is 2.49. The van der Waals surface area contributed by atoms with Gasteiger partial charge in [-0.2, -0.15) is 0 Å². The molecule has 1 aliphatic heterocycles. The molecule has 0 aliphatic carbocycles. The lowest BCUT2D eigenvalue weighted by molar-refractivity contribution is -0.0370. The van der Waals surface area contributed by atoms with Crippen molar-refractivity contribution in [3.63, 3.8) is 0 Å². The van der Waals surface area contributed by atoms with Crippen LogP contribution in [0.4, 0.5) is 0 Å². The molecule has 0 radical (unpaired) electrons. The molecule has 0 bridgehead atoms. The molecule has 1 aromatic carbocycles. The van der Waals surface area contributed by atoms with E-state index in [9.17, 15) is 0 Å². The summed E-state index contributed by atoms with van der Waals surface area (Å²) in [5, 5.41) is 0. The topological polar surface area (TPSA) is 15.7 Å². The van der Waals surface area contributed by atoms with Gasteiger partial charge in [0, 0.05) is 31.1 Å². The van der Waals surface area contributed by atoms with Crippen LogP contribution in [0.2, 0.25) is 0 Å². The number of hydrogen-bond donors (Lipinski definition) is 0. The standard InChI is InChI=1S/C16H26N2OS/c1-17(2)9-8-15-13-18(10-11-19-15)12-14-4-6-16(20-3)7-5-14/h4-7,15H,8-13H2,1-3H3/t15-/m1/s1. The van der Waals surface area contributed by atoms with Crippen LogP contribution in [-0.4, -0.2) is 62.5 Å². The molecular formula is C16H26N2OS. The molecule has 20 heavy (non-hydrogen) atoms. The van der Waals surface area contributed by atoms with E-state index in [1.54, 1.807) is 11.8 Å². The minimum Gasteiger partial charge on any atom is -0.376 e. The Morgan fingerprint density at radius 3 is 2.70 bits per heavy atom. The number of ether oxygens (including phenoxy) is 1. The third kappa shape index (κ3) is 5.09. The van der Waals surface area contributed by atoms with E-state index >= 15 is 0 Å². The highest BCUT2D eigenvalue weighted by molar-refractivity contribution is 7.98. The minimum absolute atomic E-state index is 0.386. The Hall–Kier alpha value is -0.550. The fraction of sp³-hybridized carbons (Fsp3) is 0.625. The van der Waals surface area contributed by atoms with Crippen LogP contribution < -0.4 is 0 Å². The summed E-state index contributed by atoms with van der Waals surface area (Å²) in [4.78, 5) is 6.07. The van der Waals surface area contributed by atoms with E-state index in [2.05, 4.69) is 54.4 Å². The second-order valence-electron chi connectivity index (χ2n) is 5.67. The molecule has 0 aromatic heterocycles. The van der Waals surface area contributed by atoms with E-state index in [1.807, 2.05) is 0 Å². The molecule has 1 heterocycles. The molecule has 1 aromatic rings. The normalized spacial score (nSPS) is 20.5. The third-order valence-electron chi connectivity index (χ3n) is 3.69. The largest absolute Gasteiger partial charge is 0.376 e. The zero-order valence-electron chi connectivity index (χ0n) is 12.8. The van der Waals surface area contributed by atoms with Crippen molar-refractivity contribution < 1.29 is 4.74 Å². The van der Waals surface area contributed by atoms with E-state index in [-0.39, 0.29) is 0 Å². The van der Waals surface area contributed by atoms with Crippen LogP contribution >= 0.6 is 11.8 Å². The summed E-state index contributed by atoms with van der Waals surface area (Å²) in [6.45, 7) is 5.10. The molecule has 0 saturated carbocycles. The predicted octanol–water partition coefficient (Wildman–Crippen LogP) is 2.56. The lowest BCUT2D eigenvalue weighted by Gasteiger charge is -2.33. The summed E-state index contributed by atoms with van der Waals surface area (Å²) >= 11 is 1.79. The monoisotopic (exact) mass is 294 g/mol. The Morgan fingerprint density at radius 2 is 2.05 bits per heavy atom. The van der Waals surface area contributed by atoms with Gasteiger partial charge in [-0.05, 0) is 44.5 Å². The van der Waals surface area contributed by atoms with Crippen molar-refractivity contribution in [1.82, 2.24) is 9.80 Å². The van der Waals surface area contributed by atoms with Crippen LogP contribution in [0.25, 0.3) is 0 Å². The van der Waals surface area contributed by atoms with Gasteiger partial charge in [0.25, 0.3) is 0 Å². The van der Waals surface area contributed by atoms with E-state index in [4.69, 9.17) is 4.74 Å². The maximum Gasteiger partial charge on any atom is 0.0714 e. The second-order valence-corrected chi connectivity index (χ2v) is 6.55. The molecule has 1 fully saturated rings. The van der Waals surface area contributed by atoms with Crippen LogP contribution in [-0.2, 0) is 11.3 Å². The third-order valence-corrected chi connectivity index (χ3v) is 4.43. The summed E-state index contributed by atoms with van der Waals surface area (Å²) in [6.07, 6.45) is 3.62. The first kappa shape index (κ1) is 15.8. The highest BCUT2D eigenvalue weighted by Gasteiger charge is 2.20. The number of morpholine rings is 1. The van der Waals surface area contributed by atoms with Gasteiger partial charge in [-0.25, -0.2) is 0 Å². The van der Waals surface area contributed by atoms with Gasteiger partial charge in [-0.3, -0.25) is 4.90 Å². The van der Waals surface area contributed by atoms with Crippen molar-refractivity contribution in [3.05, 3.63) is 29.8 Å². The molecule has 4 heteroatoms. The van der Waals surface area contributed by atoms with E-state index < -0.39 is 0 Å². The van der Waals surface area contributed by atoms with Gasteiger partial charge in [-0.15, -0.1) is 11.8 Å². The minimum atomic E-state index is 0.386. The van der Waals surface area contributed by atoms with Crippen molar-refractivity contribution in [3.8, 4) is 0 Å². The Labute approximate surface area is 127 Å². The van der Waals surface area contributed by atoms with Crippen molar-refractivity contribution in [1.29, 1.82) is 0 Å². The molecule has 1 atom stereocenters. The van der Waals surface area contributed by atoms with Gasteiger partial charge in [0.2, 0.25) is 0 Å². The first-order valence-electron chi connectivity index (χ1n) is 7.29. The Bertz CT molecular complexity index is 394. The second kappa shape index (κ2) is 8.03. The maximum atomic E-state index is 5.86. The van der Waals surface area contributed by atoms with Gasteiger partial charge in [-0.1, -0.05) is 12.1 Å². The Kier molecular flexibility index (Phi) is 6.36. The summed E-state index contributed by atoms with van der Waals surface area (Å²) in [5.41, 5.74) is 1.40.